The minimum absolute atomic E-state index is 0.104. The van der Waals surface area contributed by atoms with Crippen molar-refractivity contribution >= 4 is 10.0 Å². The monoisotopic (exact) mass is 271 g/mol. The molecular formula is C12H21N3O2S. The zero-order valence-electron chi connectivity index (χ0n) is 10.7. The highest BCUT2D eigenvalue weighted by molar-refractivity contribution is 7.89. The Bertz CT molecular complexity index is 434. The summed E-state index contributed by atoms with van der Waals surface area (Å²) in [6, 6.07) is 3.65. The molecule has 0 spiro atoms. The van der Waals surface area contributed by atoms with Crippen LogP contribution in [0, 0.1) is 5.92 Å². The lowest BCUT2D eigenvalue weighted by molar-refractivity contribution is 0.515. The second-order valence-electron chi connectivity index (χ2n) is 4.46. The quantitative estimate of drug-likeness (QED) is 0.722. The van der Waals surface area contributed by atoms with E-state index in [9.17, 15) is 8.42 Å². The lowest BCUT2D eigenvalue weighted by atomic mass is 10.1. The molecule has 1 heterocycles. The van der Waals surface area contributed by atoms with Gasteiger partial charge in [-0.1, -0.05) is 6.92 Å². The number of hydrogen-bond donors (Lipinski definition) is 2. The van der Waals surface area contributed by atoms with E-state index in [4.69, 9.17) is 5.73 Å². The van der Waals surface area contributed by atoms with E-state index in [-0.39, 0.29) is 11.7 Å². The molecule has 0 radical (unpaired) electrons. The Hall–Kier alpha value is -0.980. The first-order chi connectivity index (χ1) is 8.53. The van der Waals surface area contributed by atoms with Gasteiger partial charge in [0, 0.05) is 18.9 Å². The van der Waals surface area contributed by atoms with Crippen molar-refractivity contribution in [1.82, 2.24) is 9.71 Å². The third-order valence-electron chi connectivity index (χ3n) is 2.72. The largest absolute Gasteiger partial charge is 0.330 e. The topological polar surface area (TPSA) is 85.1 Å². The average Bonchev–Trinajstić information content (AvgIpc) is 2.36. The van der Waals surface area contributed by atoms with Gasteiger partial charge in [-0.2, -0.15) is 0 Å². The van der Waals surface area contributed by atoms with Gasteiger partial charge in [-0.3, -0.25) is 4.98 Å². The van der Waals surface area contributed by atoms with E-state index >= 15 is 0 Å². The van der Waals surface area contributed by atoms with Crippen molar-refractivity contribution in [2.24, 2.45) is 11.7 Å². The Kier molecular flexibility index (Phi) is 6.24. The highest BCUT2D eigenvalue weighted by Gasteiger charge is 2.11. The second-order valence-corrected chi connectivity index (χ2v) is 6.38. The van der Waals surface area contributed by atoms with E-state index in [1.807, 2.05) is 19.1 Å². The standard InChI is InChI=1S/C12H21N3O2S/c1-11(2-6-13)10-15-18(16,17)9-5-12-3-7-14-8-4-12/h3-4,7-8,11,15H,2,5-6,9-10,13H2,1H3. The summed E-state index contributed by atoms with van der Waals surface area (Å²) < 4.78 is 26.1. The maximum atomic E-state index is 11.8. The van der Waals surface area contributed by atoms with Gasteiger partial charge in [0.15, 0.2) is 0 Å². The summed E-state index contributed by atoms with van der Waals surface area (Å²) in [6.45, 7) is 3.02. The number of hydrogen-bond acceptors (Lipinski definition) is 4. The number of sulfonamides is 1. The van der Waals surface area contributed by atoms with Crippen LogP contribution in [0.3, 0.4) is 0 Å². The lowest BCUT2D eigenvalue weighted by Crippen LogP contribution is -2.31. The van der Waals surface area contributed by atoms with Crippen molar-refractivity contribution in [3.8, 4) is 0 Å². The molecular weight excluding hydrogens is 250 g/mol. The smallest absolute Gasteiger partial charge is 0.211 e. The van der Waals surface area contributed by atoms with Gasteiger partial charge in [0.1, 0.15) is 0 Å². The molecule has 0 saturated heterocycles. The summed E-state index contributed by atoms with van der Waals surface area (Å²) in [4.78, 5) is 3.89. The Balaban J connectivity index is 2.36. The molecule has 0 aromatic carbocycles. The van der Waals surface area contributed by atoms with E-state index in [0.29, 0.717) is 19.5 Å². The molecule has 6 heteroatoms. The van der Waals surface area contributed by atoms with Gasteiger partial charge in [0.05, 0.1) is 5.75 Å². The van der Waals surface area contributed by atoms with Gasteiger partial charge in [0.25, 0.3) is 0 Å². The molecule has 0 saturated carbocycles. The Morgan fingerprint density at radius 3 is 2.67 bits per heavy atom. The first kappa shape index (κ1) is 15.1. The van der Waals surface area contributed by atoms with Crippen molar-refractivity contribution in [2.45, 2.75) is 19.8 Å². The van der Waals surface area contributed by atoms with Crippen LogP contribution in [0.5, 0.6) is 0 Å². The number of nitrogens with two attached hydrogens (primary N) is 1. The minimum atomic E-state index is -3.20. The van der Waals surface area contributed by atoms with E-state index in [2.05, 4.69) is 9.71 Å². The van der Waals surface area contributed by atoms with E-state index in [0.717, 1.165) is 12.0 Å². The van der Waals surface area contributed by atoms with Gasteiger partial charge in [-0.25, -0.2) is 13.1 Å². The molecule has 5 nitrogen and oxygen atoms in total. The van der Waals surface area contributed by atoms with Crippen molar-refractivity contribution < 1.29 is 8.42 Å². The van der Waals surface area contributed by atoms with Crippen LogP contribution < -0.4 is 10.5 Å². The minimum Gasteiger partial charge on any atom is -0.330 e. The van der Waals surface area contributed by atoms with Crippen LogP contribution in [0.15, 0.2) is 24.5 Å². The summed E-state index contributed by atoms with van der Waals surface area (Å²) >= 11 is 0. The maximum absolute atomic E-state index is 11.8. The van der Waals surface area contributed by atoms with E-state index in [1.54, 1.807) is 12.4 Å². The van der Waals surface area contributed by atoms with Gasteiger partial charge in [-0.05, 0) is 43.0 Å². The van der Waals surface area contributed by atoms with Gasteiger partial charge < -0.3 is 5.73 Å². The molecule has 0 fully saturated rings. The molecule has 0 aliphatic heterocycles. The molecule has 1 aromatic rings. The lowest BCUT2D eigenvalue weighted by Gasteiger charge is -2.11. The Labute approximate surface area is 109 Å². The molecule has 3 N–H and O–H groups in total. The molecule has 0 aliphatic rings. The summed E-state index contributed by atoms with van der Waals surface area (Å²) in [5.41, 5.74) is 6.40. The highest BCUT2D eigenvalue weighted by Crippen LogP contribution is 2.02. The first-order valence-corrected chi connectivity index (χ1v) is 7.75. The highest BCUT2D eigenvalue weighted by atomic mass is 32.2. The van der Waals surface area contributed by atoms with E-state index in [1.165, 1.54) is 0 Å². The Morgan fingerprint density at radius 2 is 2.06 bits per heavy atom. The van der Waals surface area contributed by atoms with Crippen LogP contribution in [-0.2, 0) is 16.4 Å². The molecule has 1 atom stereocenters. The zero-order valence-corrected chi connectivity index (χ0v) is 11.5. The summed E-state index contributed by atoms with van der Waals surface area (Å²) in [6.07, 6.45) is 4.66. The second kappa shape index (κ2) is 7.45. The fourth-order valence-electron chi connectivity index (χ4n) is 1.53. The number of aryl methyl sites for hydroxylation is 1. The molecule has 0 bridgehead atoms. The number of nitrogens with zero attached hydrogens (tertiary/aromatic N) is 1. The normalized spacial score (nSPS) is 13.4. The first-order valence-electron chi connectivity index (χ1n) is 6.10. The fraction of sp³-hybridized carbons (Fsp3) is 0.583. The van der Waals surface area contributed by atoms with Crippen LogP contribution in [0.1, 0.15) is 18.9 Å². The number of aromatic nitrogens is 1. The van der Waals surface area contributed by atoms with Crippen LogP contribution in [0.25, 0.3) is 0 Å². The molecule has 1 rings (SSSR count). The predicted molar refractivity (Wildman–Crippen MR) is 72.6 cm³/mol. The zero-order chi connectivity index (χ0) is 13.4. The SMILES string of the molecule is CC(CCN)CNS(=O)(=O)CCc1ccncc1. The summed E-state index contributed by atoms with van der Waals surface area (Å²) in [5.74, 6) is 0.373. The fourth-order valence-corrected chi connectivity index (χ4v) is 2.72. The molecule has 1 unspecified atom stereocenters. The number of nitrogens with one attached hydrogen (secondary N) is 1. The van der Waals surface area contributed by atoms with Crippen LogP contribution >= 0.6 is 0 Å². The summed E-state index contributed by atoms with van der Waals surface area (Å²) in [7, 11) is -3.20. The molecule has 18 heavy (non-hydrogen) atoms. The predicted octanol–water partition coefficient (Wildman–Crippen LogP) is 0.528. The van der Waals surface area contributed by atoms with Crippen LogP contribution in [0.2, 0.25) is 0 Å². The van der Waals surface area contributed by atoms with Gasteiger partial charge in [0.2, 0.25) is 10.0 Å². The van der Waals surface area contributed by atoms with Gasteiger partial charge in [-0.15, -0.1) is 0 Å². The van der Waals surface area contributed by atoms with Crippen molar-refractivity contribution in [3.63, 3.8) is 0 Å². The van der Waals surface area contributed by atoms with Gasteiger partial charge >= 0.3 is 0 Å². The van der Waals surface area contributed by atoms with Crippen LogP contribution in [-0.4, -0.2) is 32.2 Å². The number of pyridine rings is 1. The van der Waals surface area contributed by atoms with Crippen LogP contribution in [0.4, 0.5) is 0 Å². The maximum Gasteiger partial charge on any atom is 0.211 e. The molecule has 0 aliphatic carbocycles. The Morgan fingerprint density at radius 1 is 1.39 bits per heavy atom. The van der Waals surface area contributed by atoms with Crippen molar-refractivity contribution in [1.29, 1.82) is 0 Å². The van der Waals surface area contributed by atoms with E-state index < -0.39 is 10.0 Å². The van der Waals surface area contributed by atoms with Crippen molar-refractivity contribution in [2.75, 3.05) is 18.8 Å². The number of rotatable bonds is 8. The molecule has 102 valence electrons. The summed E-state index contributed by atoms with van der Waals surface area (Å²) in [5, 5.41) is 0. The molecule has 0 amide bonds. The third kappa shape index (κ3) is 6.09. The average molecular weight is 271 g/mol. The third-order valence-corrected chi connectivity index (χ3v) is 4.07. The van der Waals surface area contributed by atoms with Crippen molar-refractivity contribution in [3.05, 3.63) is 30.1 Å². The molecule has 1 aromatic heterocycles.